The predicted octanol–water partition coefficient (Wildman–Crippen LogP) is 2.94. The Morgan fingerprint density at radius 2 is 2.11 bits per heavy atom. The Hall–Kier alpha value is -3.57. The van der Waals surface area contributed by atoms with E-state index in [4.69, 9.17) is 19.2 Å². The Balaban J connectivity index is 1.60. The predicted molar refractivity (Wildman–Crippen MR) is 123 cm³/mol. The molecule has 2 aromatic heterocycles. The fraction of sp³-hybridized carbons (Fsp3) is 0.400. The Kier molecular flexibility index (Phi) is 4.74. The summed E-state index contributed by atoms with van der Waals surface area (Å²) in [5.41, 5.74) is -0.522. The van der Waals surface area contributed by atoms with Crippen LogP contribution in [-0.2, 0) is 21.7 Å². The molecule has 3 aliphatic heterocycles. The lowest BCUT2D eigenvalue weighted by Crippen LogP contribution is -2.52. The lowest BCUT2D eigenvalue weighted by molar-refractivity contribution is -0.181. The molecule has 6 rings (SSSR count). The van der Waals surface area contributed by atoms with Gasteiger partial charge in [0.1, 0.15) is 17.6 Å². The minimum absolute atomic E-state index is 0.00126. The molecule has 3 atom stereocenters. The number of carbonyl (C=O) groups is 1. The third-order valence-corrected chi connectivity index (χ3v) is 7.09. The second-order valence-corrected chi connectivity index (χ2v) is 9.43. The standard InChI is InChI=1S/C25H23F2N3O6/c1-4-25(33)13-8-15-19-12(21-18-14(28-19)6-5-7-16(18)34-10-35-21)9-30(15)22(31)17(13)20(36-23(25)32)11(2)29-24(3,26)27/h5-8,11,20,29,33H,4,9-10H2,1-3H3/t11?,20?,25-/m0/s1. The first-order valence-electron chi connectivity index (χ1n) is 11.6. The van der Waals surface area contributed by atoms with Crippen molar-refractivity contribution in [1.82, 2.24) is 14.9 Å². The maximum atomic E-state index is 13.9. The summed E-state index contributed by atoms with van der Waals surface area (Å²) >= 11 is 0. The van der Waals surface area contributed by atoms with E-state index in [1.165, 1.54) is 11.5 Å². The number of carbonyl (C=O) groups excluding carboxylic acids is 1. The summed E-state index contributed by atoms with van der Waals surface area (Å²) in [6.07, 6.45) is -1.41. The van der Waals surface area contributed by atoms with Crippen LogP contribution in [0.5, 0.6) is 11.5 Å². The topological polar surface area (TPSA) is 112 Å². The number of hydrogen-bond donors (Lipinski definition) is 2. The van der Waals surface area contributed by atoms with Crippen LogP contribution in [0.15, 0.2) is 29.1 Å². The smallest absolute Gasteiger partial charge is 0.343 e. The average Bonchev–Trinajstić information content (AvgIpc) is 3.20. The number of cyclic esters (lactones) is 1. The summed E-state index contributed by atoms with van der Waals surface area (Å²) in [6.45, 7) is 3.76. The first-order valence-corrected chi connectivity index (χ1v) is 11.6. The van der Waals surface area contributed by atoms with E-state index in [-0.39, 0.29) is 30.9 Å². The van der Waals surface area contributed by atoms with E-state index < -0.39 is 35.3 Å². The van der Waals surface area contributed by atoms with Gasteiger partial charge in [-0.1, -0.05) is 13.0 Å². The van der Waals surface area contributed by atoms with Crippen LogP contribution in [-0.4, -0.2) is 39.5 Å². The van der Waals surface area contributed by atoms with Crippen molar-refractivity contribution in [3.05, 3.63) is 51.3 Å². The van der Waals surface area contributed by atoms with Crippen molar-refractivity contribution in [3.8, 4) is 22.9 Å². The number of nitrogens with one attached hydrogen (secondary N) is 1. The van der Waals surface area contributed by atoms with Crippen molar-refractivity contribution in [2.24, 2.45) is 0 Å². The van der Waals surface area contributed by atoms with Crippen LogP contribution in [0, 0.1) is 0 Å². The molecule has 3 aromatic rings. The maximum Gasteiger partial charge on any atom is 0.343 e. The van der Waals surface area contributed by atoms with E-state index in [1.807, 2.05) is 6.07 Å². The summed E-state index contributed by atoms with van der Waals surface area (Å²) in [7, 11) is 0. The van der Waals surface area contributed by atoms with Gasteiger partial charge in [0, 0.05) is 18.1 Å². The second kappa shape index (κ2) is 7.47. The zero-order valence-corrected chi connectivity index (χ0v) is 19.7. The molecule has 0 aliphatic carbocycles. The Labute approximate surface area is 203 Å². The highest BCUT2D eigenvalue weighted by molar-refractivity contribution is 5.96. The number of nitrogens with zero attached hydrogens (tertiary/aromatic N) is 2. The van der Waals surface area contributed by atoms with E-state index in [1.54, 1.807) is 25.1 Å². The van der Waals surface area contributed by atoms with Gasteiger partial charge in [-0.05, 0) is 31.5 Å². The van der Waals surface area contributed by atoms with Gasteiger partial charge in [-0.3, -0.25) is 10.1 Å². The fourth-order valence-electron chi connectivity index (χ4n) is 5.41. The number of hydrogen-bond acceptors (Lipinski definition) is 8. The van der Waals surface area contributed by atoms with Crippen LogP contribution < -0.4 is 20.3 Å². The molecule has 188 valence electrons. The molecule has 9 nitrogen and oxygen atoms in total. The van der Waals surface area contributed by atoms with Crippen LogP contribution in [0.25, 0.3) is 22.3 Å². The molecule has 2 N–H and O–H groups in total. The average molecular weight is 499 g/mol. The maximum absolute atomic E-state index is 13.9. The molecule has 0 saturated heterocycles. The number of alkyl halides is 2. The van der Waals surface area contributed by atoms with Crippen LogP contribution in [0.4, 0.5) is 8.78 Å². The molecule has 2 unspecified atom stereocenters. The number of aliphatic hydroxyl groups is 1. The summed E-state index contributed by atoms with van der Waals surface area (Å²) in [6, 6.07) is 2.56. The van der Waals surface area contributed by atoms with Crippen molar-refractivity contribution < 1.29 is 32.9 Å². The number of aromatic nitrogens is 2. The number of rotatable bonds is 4. The summed E-state index contributed by atoms with van der Waals surface area (Å²) in [5.74, 6) is 0.171. The third-order valence-electron chi connectivity index (χ3n) is 7.09. The SMILES string of the molecule is CC[C@@]1(O)C(=O)OC(C(C)NC(C)(F)F)c2c1cc1n(c2=O)Cc2c-1nc1cccc3c1c2OCO3. The molecule has 0 amide bonds. The minimum Gasteiger partial charge on any atom is -0.457 e. The zero-order chi connectivity index (χ0) is 25.6. The largest absolute Gasteiger partial charge is 0.457 e. The van der Waals surface area contributed by atoms with Crippen LogP contribution in [0.3, 0.4) is 0 Å². The number of ether oxygens (including phenoxy) is 3. The molecular weight excluding hydrogens is 476 g/mol. The van der Waals surface area contributed by atoms with Gasteiger partial charge in [0.05, 0.1) is 40.4 Å². The highest BCUT2D eigenvalue weighted by atomic mass is 19.3. The summed E-state index contributed by atoms with van der Waals surface area (Å²) < 4.78 is 45.8. The number of esters is 1. The second-order valence-electron chi connectivity index (χ2n) is 9.43. The number of pyridine rings is 2. The molecule has 1 aromatic carbocycles. The van der Waals surface area contributed by atoms with Gasteiger partial charge in [-0.2, -0.15) is 8.78 Å². The highest BCUT2D eigenvalue weighted by Crippen LogP contribution is 2.47. The van der Waals surface area contributed by atoms with Crippen molar-refractivity contribution in [2.75, 3.05) is 6.79 Å². The van der Waals surface area contributed by atoms with Gasteiger partial charge in [-0.25, -0.2) is 9.78 Å². The molecule has 0 bridgehead atoms. The zero-order valence-electron chi connectivity index (χ0n) is 19.7. The van der Waals surface area contributed by atoms with Crippen LogP contribution in [0.1, 0.15) is 50.0 Å². The molecule has 0 fully saturated rings. The molecule has 3 aliphatic rings. The molecular formula is C25H23F2N3O6. The molecule has 5 heterocycles. The van der Waals surface area contributed by atoms with Gasteiger partial charge in [-0.15, -0.1) is 0 Å². The van der Waals surface area contributed by atoms with E-state index in [0.29, 0.717) is 46.3 Å². The summed E-state index contributed by atoms with van der Waals surface area (Å²) in [4.78, 5) is 31.6. The van der Waals surface area contributed by atoms with Gasteiger partial charge in [0.25, 0.3) is 11.6 Å². The van der Waals surface area contributed by atoms with Crippen LogP contribution >= 0.6 is 0 Å². The van der Waals surface area contributed by atoms with Gasteiger partial charge in [0.15, 0.2) is 5.60 Å². The minimum atomic E-state index is -3.28. The first kappa shape index (κ1) is 22.9. The summed E-state index contributed by atoms with van der Waals surface area (Å²) in [5, 5.41) is 14.1. The van der Waals surface area contributed by atoms with Gasteiger partial charge >= 0.3 is 5.97 Å². The first-order chi connectivity index (χ1) is 17.0. The number of halogens is 2. The monoisotopic (exact) mass is 499 g/mol. The van der Waals surface area contributed by atoms with E-state index in [2.05, 4.69) is 5.32 Å². The quantitative estimate of drug-likeness (QED) is 0.326. The van der Waals surface area contributed by atoms with Crippen molar-refractivity contribution >= 4 is 16.9 Å². The van der Waals surface area contributed by atoms with Crippen molar-refractivity contribution in [1.29, 1.82) is 0 Å². The van der Waals surface area contributed by atoms with Gasteiger partial charge in [0.2, 0.25) is 6.79 Å². The molecule has 0 spiro atoms. The number of benzene rings is 1. The fourth-order valence-corrected chi connectivity index (χ4v) is 5.41. The molecule has 0 saturated carbocycles. The highest BCUT2D eigenvalue weighted by Gasteiger charge is 2.51. The number of fused-ring (bicyclic) bond motifs is 5. The lowest BCUT2D eigenvalue weighted by atomic mass is 9.82. The third kappa shape index (κ3) is 3.09. The molecule has 36 heavy (non-hydrogen) atoms. The Morgan fingerprint density at radius 1 is 1.33 bits per heavy atom. The normalized spacial score (nSPS) is 22.7. The van der Waals surface area contributed by atoms with Crippen LogP contribution in [0.2, 0.25) is 0 Å². The van der Waals surface area contributed by atoms with Crippen molar-refractivity contribution in [3.63, 3.8) is 0 Å². The van der Waals surface area contributed by atoms with Gasteiger partial charge < -0.3 is 23.9 Å². The molecule has 11 heteroatoms. The van der Waals surface area contributed by atoms with E-state index in [9.17, 15) is 23.5 Å². The Morgan fingerprint density at radius 3 is 2.83 bits per heavy atom. The van der Waals surface area contributed by atoms with Crippen molar-refractivity contribution in [2.45, 2.75) is 57.5 Å². The Bertz CT molecular complexity index is 1510. The molecule has 0 radical (unpaired) electrons. The lowest BCUT2D eigenvalue weighted by Gasteiger charge is -2.38. The van der Waals surface area contributed by atoms with E-state index in [0.717, 1.165) is 0 Å². The van der Waals surface area contributed by atoms with E-state index >= 15 is 0 Å².